The molecule has 0 aromatic carbocycles. The molecule has 0 radical (unpaired) electrons. The minimum Gasteiger partial charge on any atom is -0.477 e. The Bertz CT molecular complexity index is 342. The van der Waals surface area contributed by atoms with E-state index < -0.39 is 36.9 Å². The summed E-state index contributed by atoms with van der Waals surface area (Å²) in [7, 11) is 0. The largest absolute Gasteiger partial charge is 0.477 e. The van der Waals surface area contributed by atoms with Crippen LogP contribution in [-0.2, 0) is 23.9 Å². The van der Waals surface area contributed by atoms with E-state index in [9.17, 15) is 23.2 Å². The fourth-order valence-corrected chi connectivity index (χ4v) is 0.915. The van der Waals surface area contributed by atoms with E-state index in [-0.39, 0.29) is 12.5 Å². The Balaban J connectivity index is 3.88. The maximum Gasteiger partial charge on any atom is 0.375 e. The van der Waals surface area contributed by atoms with Gasteiger partial charge in [0.2, 0.25) is 0 Å². The maximum atomic E-state index is 12.6. The predicted molar refractivity (Wildman–Crippen MR) is 58.6 cm³/mol. The molecule has 1 unspecified atom stereocenters. The van der Waals surface area contributed by atoms with E-state index in [1.165, 1.54) is 0 Å². The molecule has 0 aromatic heterocycles. The van der Waals surface area contributed by atoms with Crippen molar-refractivity contribution in [2.75, 3.05) is 13.2 Å². The van der Waals surface area contributed by atoms with Crippen molar-refractivity contribution in [1.82, 2.24) is 0 Å². The number of carbonyl (C=O) groups is 3. The molecule has 0 fully saturated rings. The molecule has 8 heteroatoms. The van der Waals surface area contributed by atoms with Crippen LogP contribution in [0.25, 0.3) is 0 Å². The van der Waals surface area contributed by atoms with Crippen LogP contribution in [0.3, 0.4) is 0 Å². The third kappa shape index (κ3) is 6.68. The number of hydrogen-bond donors (Lipinski definition) is 1. The lowest BCUT2D eigenvalue weighted by Crippen LogP contribution is -2.32. The lowest BCUT2D eigenvalue weighted by Gasteiger charge is -2.11. The first-order chi connectivity index (χ1) is 8.70. The number of hydrogen-bond acceptors (Lipinski definition) is 5. The van der Waals surface area contributed by atoms with Crippen LogP contribution >= 0.6 is 0 Å². The van der Waals surface area contributed by atoms with Gasteiger partial charge in [-0.3, -0.25) is 9.59 Å². The monoisotopic (exact) mass is 282 g/mol. The van der Waals surface area contributed by atoms with Crippen LogP contribution in [0.5, 0.6) is 0 Å². The van der Waals surface area contributed by atoms with Gasteiger partial charge in [0.15, 0.2) is 0 Å². The topological polar surface area (TPSA) is 89.9 Å². The number of alkyl halides is 2. The second-order valence-electron chi connectivity index (χ2n) is 3.88. The lowest BCUT2D eigenvalue weighted by molar-refractivity contribution is -0.174. The molecule has 0 aliphatic heterocycles. The Kier molecular flexibility index (Phi) is 6.95. The van der Waals surface area contributed by atoms with E-state index in [2.05, 4.69) is 4.74 Å². The standard InChI is InChI=1S/C11H16F2O6/c1-3-7(2)9(15)19-5-4-18-8(14)6-11(12,13)10(16)17/h7H,3-6H2,1-2H3,(H,16,17). The maximum absolute atomic E-state index is 12.6. The van der Waals surface area contributed by atoms with E-state index in [0.29, 0.717) is 6.42 Å². The van der Waals surface area contributed by atoms with Crippen molar-refractivity contribution >= 4 is 17.9 Å². The molecule has 0 aromatic rings. The van der Waals surface area contributed by atoms with Crippen LogP contribution in [0.1, 0.15) is 26.7 Å². The zero-order valence-electron chi connectivity index (χ0n) is 10.7. The van der Waals surface area contributed by atoms with Gasteiger partial charge in [-0.1, -0.05) is 13.8 Å². The molecule has 6 nitrogen and oxygen atoms in total. The second kappa shape index (κ2) is 7.65. The lowest BCUT2D eigenvalue weighted by atomic mass is 10.1. The Morgan fingerprint density at radius 3 is 2.21 bits per heavy atom. The van der Waals surface area contributed by atoms with Gasteiger partial charge >= 0.3 is 23.8 Å². The molecule has 0 amide bonds. The summed E-state index contributed by atoms with van der Waals surface area (Å²) in [6.07, 6.45) is -0.967. The predicted octanol–water partition coefficient (Wildman–Crippen LogP) is 1.23. The summed E-state index contributed by atoms with van der Waals surface area (Å²) in [6.45, 7) is 2.80. The molecule has 0 heterocycles. The summed E-state index contributed by atoms with van der Waals surface area (Å²) >= 11 is 0. The highest BCUT2D eigenvalue weighted by Crippen LogP contribution is 2.18. The minimum atomic E-state index is -4.16. The van der Waals surface area contributed by atoms with E-state index >= 15 is 0 Å². The van der Waals surface area contributed by atoms with Crippen molar-refractivity contribution in [2.45, 2.75) is 32.6 Å². The summed E-state index contributed by atoms with van der Waals surface area (Å²) in [6, 6.07) is 0. The molecule has 0 aliphatic rings. The van der Waals surface area contributed by atoms with Gasteiger partial charge in [-0.05, 0) is 6.42 Å². The Morgan fingerprint density at radius 2 is 1.74 bits per heavy atom. The van der Waals surface area contributed by atoms with Crippen LogP contribution < -0.4 is 0 Å². The highest BCUT2D eigenvalue weighted by atomic mass is 19.3. The molecule has 0 spiro atoms. The van der Waals surface area contributed by atoms with Gasteiger partial charge in [0, 0.05) is 0 Å². The average Bonchev–Trinajstić information content (AvgIpc) is 2.32. The van der Waals surface area contributed by atoms with Gasteiger partial charge in [0.25, 0.3) is 0 Å². The Labute approximate surface area is 108 Å². The summed E-state index contributed by atoms with van der Waals surface area (Å²) in [5.74, 6) is -8.70. The minimum absolute atomic E-state index is 0.256. The molecule has 1 N–H and O–H groups in total. The Hall–Kier alpha value is -1.73. The third-order valence-electron chi connectivity index (χ3n) is 2.28. The van der Waals surface area contributed by atoms with Crippen molar-refractivity contribution in [1.29, 1.82) is 0 Å². The van der Waals surface area contributed by atoms with Crippen LogP contribution in [0.2, 0.25) is 0 Å². The summed E-state index contributed by atoms with van der Waals surface area (Å²) in [5, 5.41) is 8.10. The first-order valence-electron chi connectivity index (χ1n) is 5.64. The highest BCUT2D eigenvalue weighted by Gasteiger charge is 2.41. The van der Waals surface area contributed by atoms with Crippen molar-refractivity contribution in [2.24, 2.45) is 5.92 Å². The molecule has 110 valence electrons. The zero-order chi connectivity index (χ0) is 15.1. The smallest absolute Gasteiger partial charge is 0.375 e. The highest BCUT2D eigenvalue weighted by molar-refractivity contribution is 5.82. The van der Waals surface area contributed by atoms with Gasteiger partial charge in [-0.15, -0.1) is 0 Å². The van der Waals surface area contributed by atoms with Gasteiger partial charge in [0.1, 0.15) is 19.6 Å². The number of rotatable bonds is 8. The number of carboxylic acids is 1. The van der Waals surface area contributed by atoms with Crippen LogP contribution in [0.15, 0.2) is 0 Å². The molecule has 0 saturated carbocycles. The molecular formula is C11H16F2O6. The number of ether oxygens (including phenoxy) is 2. The number of halogens is 2. The van der Waals surface area contributed by atoms with Crippen molar-refractivity contribution < 1.29 is 37.7 Å². The first-order valence-corrected chi connectivity index (χ1v) is 5.64. The molecule has 0 rings (SSSR count). The van der Waals surface area contributed by atoms with Gasteiger partial charge < -0.3 is 14.6 Å². The van der Waals surface area contributed by atoms with Crippen LogP contribution in [0, 0.1) is 5.92 Å². The molecule has 19 heavy (non-hydrogen) atoms. The average molecular weight is 282 g/mol. The van der Waals surface area contributed by atoms with Crippen LogP contribution in [-0.4, -0.2) is 42.2 Å². The first kappa shape index (κ1) is 17.3. The van der Waals surface area contributed by atoms with Gasteiger partial charge in [0.05, 0.1) is 5.92 Å². The van der Waals surface area contributed by atoms with Crippen LogP contribution in [0.4, 0.5) is 8.78 Å². The number of aliphatic carboxylic acids is 1. The fraction of sp³-hybridized carbons (Fsp3) is 0.727. The van der Waals surface area contributed by atoms with E-state index in [0.717, 1.165) is 0 Å². The molecule has 0 saturated heterocycles. The Morgan fingerprint density at radius 1 is 1.21 bits per heavy atom. The summed E-state index contributed by atoms with van der Waals surface area (Å²) < 4.78 is 34.2. The van der Waals surface area contributed by atoms with Gasteiger partial charge in [-0.2, -0.15) is 8.78 Å². The number of carbonyl (C=O) groups excluding carboxylic acids is 2. The molecule has 0 bridgehead atoms. The quantitative estimate of drug-likeness (QED) is 0.532. The molecule has 1 atom stereocenters. The summed E-state index contributed by atoms with van der Waals surface area (Å²) in [4.78, 5) is 32.1. The molecule has 0 aliphatic carbocycles. The van der Waals surface area contributed by atoms with E-state index in [4.69, 9.17) is 9.84 Å². The zero-order valence-corrected chi connectivity index (χ0v) is 10.7. The number of esters is 2. The van der Waals surface area contributed by atoms with E-state index in [1.807, 2.05) is 0 Å². The van der Waals surface area contributed by atoms with Gasteiger partial charge in [-0.25, -0.2) is 4.79 Å². The second-order valence-corrected chi connectivity index (χ2v) is 3.88. The van der Waals surface area contributed by atoms with Crippen molar-refractivity contribution in [3.05, 3.63) is 0 Å². The van der Waals surface area contributed by atoms with E-state index in [1.54, 1.807) is 13.8 Å². The van der Waals surface area contributed by atoms with Crippen molar-refractivity contribution in [3.8, 4) is 0 Å². The summed E-state index contributed by atoms with van der Waals surface area (Å²) in [5.41, 5.74) is 0. The third-order valence-corrected chi connectivity index (χ3v) is 2.28. The van der Waals surface area contributed by atoms with Crippen molar-refractivity contribution in [3.63, 3.8) is 0 Å². The molecular weight excluding hydrogens is 266 g/mol. The number of carboxylic acid groups (broad SMARTS) is 1. The SMILES string of the molecule is CCC(C)C(=O)OCCOC(=O)CC(F)(F)C(=O)O. The normalized spacial score (nSPS) is 12.6. The fourth-order valence-electron chi connectivity index (χ4n) is 0.915.